The third-order valence-corrected chi connectivity index (χ3v) is 3.76. The highest BCUT2D eigenvalue weighted by molar-refractivity contribution is 9.11. The minimum absolute atomic E-state index is 0.134. The Labute approximate surface area is 135 Å². The predicted octanol–water partition coefficient (Wildman–Crippen LogP) is 4.51. The Bertz CT molecular complexity index is 737. The lowest BCUT2D eigenvalue weighted by Gasteiger charge is -2.07. The summed E-state index contributed by atoms with van der Waals surface area (Å²) in [6.45, 7) is 0. The first-order valence-electron chi connectivity index (χ1n) is 5.59. The second-order valence-electron chi connectivity index (χ2n) is 4.00. The van der Waals surface area contributed by atoms with Crippen LogP contribution in [0.25, 0.3) is 0 Å². The number of nitro benzene ring substituents is 1. The molecule has 0 aliphatic rings. The zero-order valence-corrected chi connectivity index (χ0v) is 13.4. The van der Waals surface area contributed by atoms with Crippen molar-refractivity contribution in [2.75, 3.05) is 5.32 Å². The summed E-state index contributed by atoms with van der Waals surface area (Å²) in [5.74, 6) is -1.47. The molecule has 0 radical (unpaired) electrons. The van der Waals surface area contributed by atoms with Crippen molar-refractivity contribution in [3.05, 3.63) is 66.8 Å². The number of anilines is 1. The van der Waals surface area contributed by atoms with Crippen LogP contribution in [0, 0.1) is 15.9 Å². The predicted molar refractivity (Wildman–Crippen MR) is 82.8 cm³/mol. The summed E-state index contributed by atoms with van der Waals surface area (Å²) in [6.07, 6.45) is 0. The van der Waals surface area contributed by atoms with E-state index in [0.29, 0.717) is 14.5 Å². The van der Waals surface area contributed by atoms with E-state index in [1.165, 1.54) is 6.07 Å². The van der Waals surface area contributed by atoms with Gasteiger partial charge in [0.1, 0.15) is 0 Å². The topological polar surface area (TPSA) is 72.2 Å². The molecule has 5 nitrogen and oxygen atoms in total. The molecular weight excluding hydrogens is 411 g/mol. The average molecular weight is 418 g/mol. The Kier molecular flexibility index (Phi) is 4.69. The van der Waals surface area contributed by atoms with Gasteiger partial charge in [-0.3, -0.25) is 14.9 Å². The van der Waals surface area contributed by atoms with Crippen molar-refractivity contribution in [2.24, 2.45) is 0 Å². The molecule has 21 heavy (non-hydrogen) atoms. The van der Waals surface area contributed by atoms with Crippen LogP contribution in [0.3, 0.4) is 0 Å². The van der Waals surface area contributed by atoms with Gasteiger partial charge in [0.2, 0.25) is 5.82 Å². The summed E-state index contributed by atoms with van der Waals surface area (Å²) in [5, 5.41) is 13.0. The van der Waals surface area contributed by atoms with E-state index < -0.39 is 22.3 Å². The molecule has 2 rings (SSSR count). The molecule has 8 heteroatoms. The smallest absolute Gasteiger partial charge is 0.304 e. The molecule has 0 aromatic heterocycles. The number of nitro groups is 1. The highest BCUT2D eigenvalue weighted by atomic mass is 79.9. The van der Waals surface area contributed by atoms with Crippen LogP contribution < -0.4 is 5.32 Å². The van der Waals surface area contributed by atoms with E-state index in [9.17, 15) is 19.3 Å². The summed E-state index contributed by atoms with van der Waals surface area (Å²) in [4.78, 5) is 21.8. The van der Waals surface area contributed by atoms with E-state index in [2.05, 4.69) is 37.2 Å². The van der Waals surface area contributed by atoms with E-state index in [-0.39, 0.29) is 5.69 Å². The number of amides is 1. The molecule has 0 unspecified atom stereocenters. The number of hydrogen-bond donors (Lipinski definition) is 1. The first kappa shape index (κ1) is 15.6. The van der Waals surface area contributed by atoms with Crippen molar-refractivity contribution >= 4 is 49.1 Å². The molecular formula is C13H7Br2FN2O3. The highest BCUT2D eigenvalue weighted by Crippen LogP contribution is 2.24. The van der Waals surface area contributed by atoms with Gasteiger partial charge in [0, 0.05) is 26.8 Å². The normalized spacial score (nSPS) is 10.2. The lowest BCUT2D eigenvalue weighted by molar-refractivity contribution is -0.387. The molecule has 0 aliphatic heterocycles. The van der Waals surface area contributed by atoms with Gasteiger partial charge in [-0.25, -0.2) is 0 Å². The molecule has 2 aromatic rings. The maximum absolute atomic E-state index is 13.5. The molecule has 1 amide bonds. The van der Waals surface area contributed by atoms with Gasteiger partial charge in [-0.05, 0) is 40.2 Å². The lowest BCUT2D eigenvalue weighted by Crippen LogP contribution is -2.13. The largest absolute Gasteiger partial charge is 0.322 e. The molecule has 0 aliphatic carbocycles. The third kappa shape index (κ3) is 3.64. The minimum Gasteiger partial charge on any atom is -0.322 e. The summed E-state index contributed by atoms with van der Waals surface area (Å²) >= 11 is 6.50. The number of hydrogen-bond acceptors (Lipinski definition) is 3. The number of nitrogens with zero attached hydrogens (tertiary/aromatic N) is 1. The second-order valence-corrected chi connectivity index (χ2v) is 5.77. The fraction of sp³-hybridized carbons (Fsp3) is 0. The van der Waals surface area contributed by atoms with E-state index in [1.807, 2.05) is 0 Å². The molecule has 0 saturated carbocycles. The van der Waals surface area contributed by atoms with Gasteiger partial charge in [0.05, 0.1) is 10.5 Å². The first-order chi connectivity index (χ1) is 9.88. The fourth-order valence-electron chi connectivity index (χ4n) is 1.60. The number of benzene rings is 2. The van der Waals surface area contributed by atoms with Crippen molar-refractivity contribution in [3.63, 3.8) is 0 Å². The Morgan fingerprint density at radius 3 is 2.52 bits per heavy atom. The van der Waals surface area contributed by atoms with Crippen LogP contribution in [-0.2, 0) is 0 Å². The van der Waals surface area contributed by atoms with Crippen LogP contribution in [-0.4, -0.2) is 10.8 Å². The van der Waals surface area contributed by atoms with Gasteiger partial charge < -0.3 is 5.32 Å². The van der Waals surface area contributed by atoms with Gasteiger partial charge >= 0.3 is 5.69 Å². The number of halogens is 3. The van der Waals surface area contributed by atoms with E-state index in [0.717, 1.165) is 12.1 Å². The van der Waals surface area contributed by atoms with Crippen molar-refractivity contribution in [3.8, 4) is 0 Å². The standard InChI is InChI=1S/C13H7Br2FN2O3/c14-7-1-3-10(15)9(5-7)13(19)17-8-2-4-12(18(20)21)11(16)6-8/h1-6H,(H,17,19). The SMILES string of the molecule is O=C(Nc1ccc([N+](=O)[O-])c(F)c1)c1cc(Br)ccc1Br. The highest BCUT2D eigenvalue weighted by Gasteiger charge is 2.16. The maximum Gasteiger partial charge on any atom is 0.304 e. The van der Waals surface area contributed by atoms with Crippen LogP contribution in [0.1, 0.15) is 10.4 Å². The van der Waals surface area contributed by atoms with Gasteiger partial charge in [-0.15, -0.1) is 0 Å². The summed E-state index contributed by atoms with van der Waals surface area (Å²) < 4.78 is 14.8. The van der Waals surface area contributed by atoms with Gasteiger partial charge in [-0.1, -0.05) is 15.9 Å². The fourth-order valence-corrected chi connectivity index (χ4v) is 2.39. The third-order valence-electron chi connectivity index (χ3n) is 2.58. The Morgan fingerprint density at radius 1 is 1.19 bits per heavy atom. The molecule has 0 atom stereocenters. The second kappa shape index (κ2) is 6.31. The zero-order chi connectivity index (χ0) is 15.6. The quantitative estimate of drug-likeness (QED) is 0.589. The van der Waals surface area contributed by atoms with Gasteiger partial charge in [0.25, 0.3) is 5.91 Å². The first-order valence-corrected chi connectivity index (χ1v) is 7.17. The lowest BCUT2D eigenvalue weighted by atomic mass is 10.2. The number of carbonyl (C=O) groups excluding carboxylic acids is 1. The number of rotatable bonds is 3. The molecule has 0 bridgehead atoms. The minimum atomic E-state index is -1.01. The molecule has 0 spiro atoms. The molecule has 1 N–H and O–H groups in total. The average Bonchev–Trinajstić information content (AvgIpc) is 2.41. The van der Waals surface area contributed by atoms with Crippen molar-refractivity contribution in [1.29, 1.82) is 0 Å². The van der Waals surface area contributed by atoms with Crippen molar-refractivity contribution in [1.82, 2.24) is 0 Å². The molecule has 0 fully saturated rings. The van der Waals surface area contributed by atoms with E-state index in [1.54, 1.807) is 18.2 Å². The van der Waals surface area contributed by atoms with Crippen LogP contribution in [0.4, 0.5) is 15.8 Å². The molecule has 108 valence electrons. The number of nitrogens with one attached hydrogen (secondary N) is 1. The monoisotopic (exact) mass is 416 g/mol. The van der Waals surface area contributed by atoms with E-state index >= 15 is 0 Å². The van der Waals surface area contributed by atoms with Crippen molar-refractivity contribution in [2.45, 2.75) is 0 Å². The van der Waals surface area contributed by atoms with Crippen LogP contribution in [0.5, 0.6) is 0 Å². The maximum atomic E-state index is 13.5. The zero-order valence-electron chi connectivity index (χ0n) is 10.3. The van der Waals surface area contributed by atoms with Crippen molar-refractivity contribution < 1.29 is 14.1 Å². The number of carbonyl (C=O) groups is 1. The molecule has 0 saturated heterocycles. The summed E-state index contributed by atoms with van der Waals surface area (Å²) in [6, 6.07) is 8.22. The van der Waals surface area contributed by atoms with Gasteiger partial charge in [0.15, 0.2) is 0 Å². The van der Waals surface area contributed by atoms with Crippen LogP contribution in [0.2, 0.25) is 0 Å². The van der Waals surface area contributed by atoms with Gasteiger partial charge in [-0.2, -0.15) is 4.39 Å². The Hall–Kier alpha value is -1.80. The Balaban J connectivity index is 2.26. The van der Waals surface area contributed by atoms with Crippen LogP contribution >= 0.6 is 31.9 Å². The van der Waals surface area contributed by atoms with Crippen LogP contribution in [0.15, 0.2) is 45.3 Å². The Morgan fingerprint density at radius 2 is 1.90 bits per heavy atom. The molecule has 2 aromatic carbocycles. The summed E-state index contributed by atoms with van der Waals surface area (Å²) in [5.41, 5.74) is -0.158. The van der Waals surface area contributed by atoms with E-state index in [4.69, 9.17) is 0 Å². The molecule has 0 heterocycles. The summed E-state index contributed by atoms with van der Waals surface area (Å²) in [7, 11) is 0.